The number of halogens is 3. The summed E-state index contributed by atoms with van der Waals surface area (Å²) in [5.74, 6) is 0. The van der Waals surface area contributed by atoms with Crippen LogP contribution in [0.2, 0.25) is 0 Å². The average Bonchev–Trinajstić information content (AvgIpc) is 2.81. The third kappa shape index (κ3) is 29.3. The molecule has 0 fully saturated rings. The van der Waals surface area contributed by atoms with E-state index in [9.17, 15) is 0 Å². The summed E-state index contributed by atoms with van der Waals surface area (Å²) in [7, 11) is 0. The Kier molecular flexibility index (Phi) is 35.2. The normalized spacial score (nSPS) is 11.8. The summed E-state index contributed by atoms with van der Waals surface area (Å²) in [6.45, 7) is 28.5. The van der Waals surface area contributed by atoms with E-state index in [1.165, 1.54) is 97.6 Å². The van der Waals surface area contributed by atoms with Gasteiger partial charge in [0, 0.05) is 65.4 Å². The summed E-state index contributed by atoms with van der Waals surface area (Å²) in [6, 6.07) is 0. The standard InChI is InChI=1S/C25H58N6.3HI.V/c1-6-14-28(15-7-2)20-22-30(18-10-5)23-25-31(19-13-27-12-11-26)24-21-29(16-8-3)17-9-4;;;;/h27H,6-26H2,1-5H3;3*1H;/q;;;;+3/p-3. The Morgan fingerprint density at radius 2 is 0.743 bits per heavy atom. The fourth-order valence-corrected chi connectivity index (χ4v) is 4.24. The Balaban J connectivity index is 0. The van der Waals surface area contributed by atoms with Gasteiger partial charge in [0.1, 0.15) is 0 Å². The monoisotopic (exact) mass is 874 g/mol. The molecule has 0 atom stereocenters. The molecule has 0 heterocycles. The molecule has 3 N–H and O–H groups in total. The second-order valence-electron chi connectivity index (χ2n) is 9.10. The van der Waals surface area contributed by atoms with Gasteiger partial charge >= 0.3 is 64.9 Å². The van der Waals surface area contributed by atoms with Crippen molar-refractivity contribution < 1.29 is 4.92 Å². The first-order chi connectivity index (χ1) is 16.9. The number of rotatable bonds is 24. The van der Waals surface area contributed by atoms with Crippen molar-refractivity contribution in [1.82, 2.24) is 24.9 Å². The van der Waals surface area contributed by atoms with Crippen molar-refractivity contribution in [1.29, 1.82) is 0 Å². The molecule has 0 saturated carbocycles. The van der Waals surface area contributed by atoms with E-state index >= 15 is 0 Å². The Morgan fingerprint density at radius 1 is 0.486 bits per heavy atom. The molecule has 0 spiro atoms. The van der Waals surface area contributed by atoms with Gasteiger partial charge in [-0.25, -0.2) is 0 Å². The van der Waals surface area contributed by atoms with Crippen LogP contribution in [0.5, 0.6) is 0 Å². The quantitative estimate of drug-likeness (QED) is 0.0996. The van der Waals surface area contributed by atoms with Gasteiger partial charge in [-0.3, -0.25) is 4.90 Å². The van der Waals surface area contributed by atoms with Crippen LogP contribution >= 0.6 is 59.9 Å². The molecule has 0 unspecified atom stereocenters. The first kappa shape index (κ1) is 39.7. The van der Waals surface area contributed by atoms with Crippen LogP contribution in [0.3, 0.4) is 0 Å². The van der Waals surface area contributed by atoms with Crippen LogP contribution in [-0.4, -0.2) is 118 Å². The molecule has 35 heavy (non-hydrogen) atoms. The van der Waals surface area contributed by atoms with Gasteiger partial charge in [-0.05, 0) is 64.8 Å². The topological polar surface area (TPSA) is 51.0 Å². The van der Waals surface area contributed by atoms with E-state index in [-0.39, 0.29) is 4.92 Å². The fraction of sp³-hybridized carbons (Fsp3) is 1.00. The number of hydrogen-bond donors (Lipinski definition) is 2. The predicted molar refractivity (Wildman–Crippen MR) is 181 cm³/mol. The molecule has 0 aliphatic carbocycles. The molecule has 0 saturated heterocycles. The third-order valence-electron chi connectivity index (χ3n) is 5.82. The summed E-state index contributed by atoms with van der Waals surface area (Å²) in [5.41, 5.74) is 5.65. The molecule has 0 radical (unpaired) electrons. The van der Waals surface area contributed by atoms with E-state index in [4.69, 9.17) is 5.73 Å². The molecular weight excluding hydrogens is 816 g/mol. The van der Waals surface area contributed by atoms with Crippen LogP contribution in [0.25, 0.3) is 0 Å². The predicted octanol–water partition coefficient (Wildman–Crippen LogP) is 5.45. The van der Waals surface area contributed by atoms with E-state index in [2.05, 4.69) is 119 Å². The van der Waals surface area contributed by atoms with Gasteiger partial charge in [-0.2, -0.15) is 0 Å². The van der Waals surface area contributed by atoms with Gasteiger partial charge in [-0.1, -0.05) is 34.6 Å². The van der Waals surface area contributed by atoms with E-state index in [0.29, 0.717) is 0 Å². The Bertz CT molecular complexity index is 399. The number of nitrogens with zero attached hydrogens (tertiary/aromatic N) is 4. The zero-order chi connectivity index (χ0) is 26.7. The Labute approximate surface area is 257 Å². The van der Waals surface area contributed by atoms with Crippen molar-refractivity contribution in [2.75, 3.05) is 98.2 Å². The molecule has 10 heteroatoms. The van der Waals surface area contributed by atoms with Gasteiger partial charge in [-0.15, -0.1) is 0 Å². The van der Waals surface area contributed by atoms with Crippen LogP contribution in [0.1, 0.15) is 66.7 Å². The van der Waals surface area contributed by atoms with Gasteiger partial charge in [0.2, 0.25) is 0 Å². The van der Waals surface area contributed by atoms with Gasteiger partial charge in [0.25, 0.3) is 0 Å². The minimum absolute atomic E-state index is 0.278. The maximum absolute atomic E-state index is 5.65. The molecule has 0 bridgehead atoms. The van der Waals surface area contributed by atoms with Crippen LogP contribution in [0.15, 0.2) is 0 Å². The minimum atomic E-state index is -0.278. The first-order valence-corrected chi connectivity index (χ1v) is 27.5. The van der Waals surface area contributed by atoms with Crippen molar-refractivity contribution in [2.24, 2.45) is 5.73 Å². The average molecular weight is 874 g/mol. The molecule has 0 aliphatic heterocycles. The summed E-state index contributed by atoms with van der Waals surface area (Å²) < 4.78 is 0. The van der Waals surface area contributed by atoms with Crippen molar-refractivity contribution in [2.45, 2.75) is 66.7 Å². The van der Waals surface area contributed by atoms with Crippen molar-refractivity contribution in [3.8, 4) is 0 Å². The summed E-state index contributed by atoms with van der Waals surface area (Å²) in [5, 5.41) is 3.48. The van der Waals surface area contributed by atoms with E-state index in [1.807, 2.05) is 0 Å². The van der Waals surface area contributed by atoms with Crippen LogP contribution in [0, 0.1) is 0 Å². The van der Waals surface area contributed by atoms with Crippen LogP contribution in [-0.2, 0) is 4.92 Å². The Morgan fingerprint density at radius 3 is 1.00 bits per heavy atom. The maximum atomic E-state index is 5.65. The van der Waals surface area contributed by atoms with E-state index in [1.54, 1.807) is 0 Å². The second kappa shape index (κ2) is 31.1. The van der Waals surface area contributed by atoms with E-state index in [0.717, 1.165) is 32.7 Å². The molecule has 0 aliphatic rings. The van der Waals surface area contributed by atoms with Gasteiger partial charge in [0.05, 0.1) is 0 Å². The summed E-state index contributed by atoms with van der Waals surface area (Å²) >= 11 is 7.39. The summed E-state index contributed by atoms with van der Waals surface area (Å²) in [6.07, 6.45) is 6.23. The molecule has 214 valence electrons. The zero-order valence-electron chi connectivity index (χ0n) is 23.6. The molecule has 0 aromatic rings. The fourth-order valence-electron chi connectivity index (χ4n) is 4.24. The SMILES string of the molecule is CCCN(CCC)CCN(CCC)CCN(CCNCCN)CCN(CCC)CCC.[I][V]([I])[I]. The van der Waals surface area contributed by atoms with Gasteiger partial charge < -0.3 is 25.8 Å². The van der Waals surface area contributed by atoms with Crippen molar-refractivity contribution in [3.63, 3.8) is 0 Å². The van der Waals surface area contributed by atoms with Crippen molar-refractivity contribution >= 4 is 59.9 Å². The molecule has 0 aromatic carbocycles. The molecule has 6 nitrogen and oxygen atoms in total. The summed E-state index contributed by atoms with van der Waals surface area (Å²) in [4.78, 5) is 10.4. The third-order valence-corrected chi connectivity index (χ3v) is 5.82. The van der Waals surface area contributed by atoms with Crippen molar-refractivity contribution in [3.05, 3.63) is 0 Å². The number of nitrogens with one attached hydrogen (secondary N) is 1. The zero-order valence-corrected chi connectivity index (χ0v) is 31.5. The molecule has 0 aromatic heterocycles. The van der Waals surface area contributed by atoms with Crippen LogP contribution in [0.4, 0.5) is 0 Å². The van der Waals surface area contributed by atoms with Crippen LogP contribution < -0.4 is 11.1 Å². The first-order valence-electron chi connectivity index (χ1n) is 14.0. The number of hydrogen-bond acceptors (Lipinski definition) is 6. The number of nitrogens with two attached hydrogens (primary N) is 1. The van der Waals surface area contributed by atoms with Gasteiger partial charge in [0.15, 0.2) is 0 Å². The molecule has 0 rings (SSSR count). The van der Waals surface area contributed by atoms with E-state index < -0.39 is 0 Å². The Hall–Kier alpha value is 2.53. The molecular formula is C25H58I3N6V. The molecule has 0 amide bonds. The second-order valence-corrected chi connectivity index (χ2v) is 44.5.